The van der Waals surface area contributed by atoms with Crippen molar-refractivity contribution in [1.82, 2.24) is 14.8 Å². The zero-order valence-electron chi connectivity index (χ0n) is 14.4. The molecule has 0 fully saturated rings. The lowest BCUT2D eigenvalue weighted by molar-refractivity contribution is -0.132. The monoisotopic (exact) mass is 329 g/mol. The van der Waals surface area contributed by atoms with Gasteiger partial charge in [0.25, 0.3) is 0 Å². The minimum atomic E-state index is -0.412. The molecule has 0 spiro atoms. The maximum Gasteiger partial charge on any atom is 0.237 e. The first-order valence-electron chi connectivity index (χ1n) is 8.21. The van der Waals surface area contributed by atoms with Crippen LogP contribution in [0, 0.1) is 5.82 Å². The third-order valence-corrected chi connectivity index (χ3v) is 4.17. The van der Waals surface area contributed by atoms with Crippen LogP contribution in [0.2, 0.25) is 0 Å². The van der Waals surface area contributed by atoms with E-state index in [0.717, 1.165) is 18.8 Å². The van der Waals surface area contributed by atoms with Crippen LogP contribution < -0.4 is 0 Å². The Bertz CT molecular complexity index is 659. The summed E-state index contributed by atoms with van der Waals surface area (Å²) in [5.74, 6) is -0.336. The maximum atomic E-state index is 13.7. The third kappa shape index (κ3) is 4.38. The molecule has 1 atom stereocenters. The Morgan fingerprint density at radius 3 is 2.50 bits per heavy atom. The van der Waals surface area contributed by atoms with Gasteiger partial charge in [0.1, 0.15) is 5.82 Å². The molecule has 0 saturated carbocycles. The van der Waals surface area contributed by atoms with Crippen molar-refractivity contribution < 1.29 is 9.18 Å². The standard InChI is InChI=1S/C19H24FN3O/c1-4-23(5-2)14-18(24)22(3)19(17-11-6-7-12-21-17)15-9-8-10-16(20)13-15/h6-13,19H,4-5,14H2,1-3H3/t19-/m1/s1. The minimum Gasteiger partial charge on any atom is -0.332 e. The fourth-order valence-electron chi connectivity index (χ4n) is 2.70. The molecule has 0 aliphatic carbocycles. The molecule has 1 heterocycles. The number of nitrogens with zero attached hydrogens (tertiary/aromatic N) is 3. The second kappa shape index (κ2) is 8.55. The van der Waals surface area contributed by atoms with E-state index in [1.54, 1.807) is 24.2 Å². The van der Waals surface area contributed by atoms with E-state index in [1.807, 2.05) is 38.1 Å². The molecule has 0 saturated heterocycles. The number of benzene rings is 1. The van der Waals surface area contributed by atoms with Gasteiger partial charge in [-0.15, -0.1) is 0 Å². The lowest BCUT2D eigenvalue weighted by atomic mass is 10.0. The van der Waals surface area contributed by atoms with Crippen LogP contribution in [0.25, 0.3) is 0 Å². The molecule has 2 rings (SSSR count). The van der Waals surface area contributed by atoms with Gasteiger partial charge in [0.15, 0.2) is 0 Å². The fraction of sp³-hybridized carbons (Fsp3) is 0.368. The smallest absolute Gasteiger partial charge is 0.237 e. The third-order valence-electron chi connectivity index (χ3n) is 4.17. The molecule has 0 unspecified atom stereocenters. The summed E-state index contributed by atoms with van der Waals surface area (Å²) in [5.41, 5.74) is 1.43. The molecule has 2 aromatic rings. The number of carbonyl (C=O) groups is 1. The highest BCUT2D eigenvalue weighted by Crippen LogP contribution is 2.26. The summed E-state index contributed by atoms with van der Waals surface area (Å²) in [6.07, 6.45) is 1.68. The van der Waals surface area contributed by atoms with Crippen LogP contribution in [0.15, 0.2) is 48.7 Å². The van der Waals surface area contributed by atoms with Gasteiger partial charge in [-0.1, -0.05) is 32.0 Å². The zero-order valence-corrected chi connectivity index (χ0v) is 14.4. The molecule has 24 heavy (non-hydrogen) atoms. The summed E-state index contributed by atoms with van der Waals surface area (Å²) < 4.78 is 13.7. The van der Waals surface area contributed by atoms with Crippen molar-refractivity contribution in [2.45, 2.75) is 19.9 Å². The van der Waals surface area contributed by atoms with Crippen LogP contribution in [0.3, 0.4) is 0 Å². The highest BCUT2D eigenvalue weighted by atomic mass is 19.1. The van der Waals surface area contributed by atoms with Crippen molar-refractivity contribution in [3.63, 3.8) is 0 Å². The highest BCUT2D eigenvalue weighted by Gasteiger charge is 2.25. The minimum absolute atomic E-state index is 0.0152. The Morgan fingerprint density at radius 1 is 1.17 bits per heavy atom. The predicted octanol–water partition coefficient (Wildman–Crippen LogP) is 3.11. The van der Waals surface area contributed by atoms with E-state index in [0.29, 0.717) is 12.1 Å². The van der Waals surface area contributed by atoms with Gasteiger partial charge in [0, 0.05) is 13.2 Å². The van der Waals surface area contributed by atoms with E-state index >= 15 is 0 Å². The number of halogens is 1. The van der Waals surface area contributed by atoms with Crippen molar-refractivity contribution in [2.75, 3.05) is 26.7 Å². The SMILES string of the molecule is CCN(CC)CC(=O)N(C)[C@H](c1cccc(F)c1)c1ccccn1. The first-order valence-corrected chi connectivity index (χ1v) is 8.21. The number of hydrogen-bond donors (Lipinski definition) is 0. The lowest BCUT2D eigenvalue weighted by Gasteiger charge is -2.30. The lowest BCUT2D eigenvalue weighted by Crippen LogP contribution is -2.40. The number of pyridine rings is 1. The molecule has 1 aromatic carbocycles. The molecule has 0 N–H and O–H groups in total. The quantitative estimate of drug-likeness (QED) is 0.783. The normalized spacial score (nSPS) is 12.2. The van der Waals surface area contributed by atoms with Gasteiger partial charge in [0.05, 0.1) is 18.3 Å². The summed E-state index contributed by atoms with van der Waals surface area (Å²) in [5, 5.41) is 0. The van der Waals surface area contributed by atoms with Crippen molar-refractivity contribution in [2.24, 2.45) is 0 Å². The Labute approximate surface area is 142 Å². The number of aromatic nitrogens is 1. The van der Waals surface area contributed by atoms with E-state index < -0.39 is 6.04 Å². The van der Waals surface area contributed by atoms with Gasteiger partial charge in [-0.2, -0.15) is 0 Å². The predicted molar refractivity (Wildman–Crippen MR) is 93.0 cm³/mol. The van der Waals surface area contributed by atoms with E-state index in [4.69, 9.17) is 0 Å². The summed E-state index contributed by atoms with van der Waals surface area (Å²) in [6, 6.07) is 11.5. The molecule has 1 aromatic heterocycles. The second-order valence-corrected chi connectivity index (χ2v) is 5.68. The van der Waals surface area contributed by atoms with E-state index in [2.05, 4.69) is 9.88 Å². The van der Waals surface area contributed by atoms with Crippen LogP contribution in [0.4, 0.5) is 4.39 Å². The van der Waals surface area contributed by atoms with Gasteiger partial charge in [0.2, 0.25) is 5.91 Å². The van der Waals surface area contributed by atoms with Gasteiger partial charge < -0.3 is 4.90 Å². The molecular formula is C19H24FN3O. The summed E-state index contributed by atoms with van der Waals surface area (Å²) >= 11 is 0. The van der Waals surface area contributed by atoms with E-state index in [1.165, 1.54) is 12.1 Å². The molecule has 5 heteroatoms. The van der Waals surface area contributed by atoms with Gasteiger partial charge in [-0.25, -0.2) is 4.39 Å². The number of rotatable bonds is 7. The van der Waals surface area contributed by atoms with Crippen LogP contribution in [0.1, 0.15) is 31.1 Å². The van der Waals surface area contributed by atoms with Crippen molar-refractivity contribution in [3.05, 3.63) is 65.7 Å². The molecule has 0 radical (unpaired) electrons. The van der Waals surface area contributed by atoms with Crippen LogP contribution in [-0.2, 0) is 4.79 Å². The zero-order chi connectivity index (χ0) is 17.5. The number of likely N-dealkylation sites (N-methyl/N-ethyl adjacent to an activating group) is 2. The number of amides is 1. The molecule has 1 amide bonds. The second-order valence-electron chi connectivity index (χ2n) is 5.68. The summed E-state index contributed by atoms with van der Waals surface area (Å²) in [4.78, 5) is 20.8. The van der Waals surface area contributed by atoms with Crippen LogP contribution >= 0.6 is 0 Å². The van der Waals surface area contributed by atoms with E-state index in [9.17, 15) is 9.18 Å². The van der Waals surface area contributed by atoms with Gasteiger partial charge in [-0.3, -0.25) is 14.7 Å². The Balaban J connectivity index is 2.34. The first kappa shape index (κ1) is 18.1. The molecule has 128 valence electrons. The Hall–Kier alpha value is -2.27. The molecule has 0 bridgehead atoms. The van der Waals surface area contributed by atoms with E-state index in [-0.39, 0.29) is 11.7 Å². The van der Waals surface area contributed by atoms with Crippen molar-refractivity contribution >= 4 is 5.91 Å². The topological polar surface area (TPSA) is 36.4 Å². The molecule has 0 aliphatic heterocycles. The van der Waals surface area contributed by atoms with Crippen LogP contribution in [0.5, 0.6) is 0 Å². The van der Waals surface area contributed by atoms with Gasteiger partial charge >= 0.3 is 0 Å². The van der Waals surface area contributed by atoms with Crippen LogP contribution in [-0.4, -0.2) is 47.4 Å². The summed E-state index contributed by atoms with van der Waals surface area (Å²) in [6.45, 7) is 6.01. The number of hydrogen-bond acceptors (Lipinski definition) is 3. The average molecular weight is 329 g/mol. The van der Waals surface area contributed by atoms with Crippen molar-refractivity contribution in [3.8, 4) is 0 Å². The molecule has 4 nitrogen and oxygen atoms in total. The molecular weight excluding hydrogens is 305 g/mol. The Morgan fingerprint density at radius 2 is 1.92 bits per heavy atom. The average Bonchev–Trinajstić information content (AvgIpc) is 2.60. The van der Waals surface area contributed by atoms with Gasteiger partial charge in [-0.05, 0) is 42.9 Å². The van der Waals surface area contributed by atoms with Crippen molar-refractivity contribution in [1.29, 1.82) is 0 Å². The summed E-state index contributed by atoms with van der Waals surface area (Å²) in [7, 11) is 1.75. The maximum absolute atomic E-state index is 13.7. The number of carbonyl (C=O) groups excluding carboxylic acids is 1. The Kier molecular flexibility index (Phi) is 6.44. The molecule has 0 aliphatic rings. The largest absolute Gasteiger partial charge is 0.332 e. The fourth-order valence-corrected chi connectivity index (χ4v) is 2.70. The highest BCUT2D eigenvalue weighted by molar-refractivity contribution is 5.79. The first-order chi connectivity index (χ1) is 11.6.